The number of hydrogen-bond donors (Lipinski definition) is 0. The third-order valence-corrected chi connectivity index (χ3v) is 5.15. The Morgan fingerprint density at radius 1 is 1.37 bits per heavy atom. The van der Waals surface area contributed by atoms with Crippen molar-refractivity contribution in [3.63, 3.8) is 0 Å². The van der Waals surface area contributed by atoms with E-state index in [0.717, 1.165) is 16.4 Å². The first-order valence-electron chi connectivity index (χ1n) is 5.57. The number of alkyl halides is 1. The van der Waals surface area contributed by atoms with Crippen molar-refractivity contribution in [2.24, 2.45) is 0 Å². The van der Waals surface area contributed by atoms with Crippen LogP contribution in [0.4, 0.5) is 8.78 Å². The molecule has 0 aliphatic carbocycles. The number of ether oxygens (including phenoxy) is 1. The van der Waals surface area contributed by atoms with Gasteiger partial charge in [0.05, 0.1) is 24.2 Å². The number of benzene rings is 1. The Morgan fingerprint density at radius 3 is 2.74 bits per heavy atom. The Kier molecular flexibility index (Phi) is 4.39. The lowest BCUT2D eigenvalue weighted by molar-refractivity contribution is 0.0404. The maximum Gasteiger partial charge on any atom is 0.243 e. The lowest BCUT2D eigenvalue weighted by Gasteiger charge is -2.33. The van der Waals surface area contributed by atoms with E-state index in [4.69, 9.17) is 16.3 Å². The van der Waals surface area contributed by atoms with Crippen LogP contribution in [0.3, 0.4) is 0 Å². The molecule has 1 aromatic carbocycles. The Balaban J connectivity index is 2.37. The molecule has 1 aliphatic rings. The van der Waals surface area contributed by atoms with Gasteiger partial charge in [-0.05, 0) is 18.2 Å². The van der Waals surface area contributed by atoms with Crippen LogP contribution < -0.4 is 0 Å². The molecular weight excluding hydrogens is 300 g/mol. The molecule has 1 fully saturated rings. The molecule has 1 heterocycles. The highest BCUT2D eigenvalue weighted by Crippen LogP contribution is 2.22. The van der Waals surface area contributed by atoms with Gasteiger partial charge in [0.2, 0.25) is 10.0 Å². The van der Waals surface area contributed by atoms with Gasteiger partial charge in [0, 0.05) is 12.4 Å². The molecule has 8 heteroatoms. The number of sulfonamides is 1. The maximum atomic E-state index is 13.1. The molecule has 0 saturated carbocycles. The summed E-state index contributed by atoms with van der Waals surface area (Å²) < 4.78 is 57.0. The first kappa shape index (κ1) is 14.6. The second kappa shape index (κ2) is 5.70. The molecule has 106 valence electrons. The van der Waals surface area contributed by atoms with Crippen LogP contribution in [0.2, 0.25) is 0 Å². The quantitative estimate of drug-likeness (QED) is 0.797. The largest absolute Gasteiger partial charge is 0.378 e. The van der Waals surface area contributed by atoms with Crippen molar-refractivity contribution in [2.75, 3.05) is 25.6 Å². The first-order valence-corrected chi connectivity index (χ1v) is 7.55. The molecule has 0 spiro atoms. The van der Waals surface area contributed by atoms with Gasteiger partial charge in [-0.2, -0.15) is 4.31 Å². The molecule has 0 radical (unpaired) electrons. The van der Waals surface area contributed by atoms with Crippen LogP contribution in [-0.4, -0.2) is 44.4 Å². The van der Waals surface area contributed by atoms with Gasteiger partial charge in [-0.15, -0.1) is 11.6 Å². The Hall–Kier alpha value is -0.760. The summed E-state index contributed by atoms with van der Waals surface area (Å²) in [6, 6.07) is 1.99. The van der Waals surface area contributed by atoms with Crippen molar-refractivity contribution in [1.82, 2.24) is 4.31 Å². The fourth-order valence-electron chi connectivity index (χ4n) is 1.85. The van der Waals surface area contributed by atoms with Crippen LogP contribution in [0.5, 0.6) is 0 Å². The van der Waals surface area contributed by atoms with E-state index in [2.05, 4.69) is 0 Å². The minimum absolute atomic E-state index is 0.0723. The molecule has 0 bridgehead atoms. The van der Waals surface area contributed by atoms with Crippen LogP contribution in [0.15, 0.2) is 23.1 Å². The van der Waals surface area contributed by atoms with E-state index in [1.54, 1.807) is 0 Å². The second-order valence-electron chi connectivity index (χ2n) is 4.07. The van der Waals surface area contributed by atoms with Crippen molar-refractivity contribution >= 4 is 21.6 Å². The lowest BCUT2D eigenvalue weighted by Crippen LogP contribution is -2.49. The molecule has 2 rings (SSSR count). The summed E-state index contributed by atoms with van der Waals surface area (Å²) >= 11 is 5.70. The van der Waals surface area contributed by atoms with Crippen LogP contribution in [-0.2, 0) is 14.8 Å². The lowest BCUT2D eigenvalue weighted by atomic mass is 10.3. The Labute approximate surface area is 115 Å². The Morgan fingerprint density at radius 2 is 2.11 bits per heavy atom. The van der Waals surface area contributed by atoms with Gasteiger partial charge >= 0.3 is 0 Å². The summed E-state index contributed by atoms with van der Waals surface area (Å²) in [5.41, 5.74) is 0. The van der Waals surface area contributed by atoms with E-state index in [-0.39, 0.29) is 30.5 Å². The number of nitrogens with zero attached hydrogens (tertiary/aromatic N) is 1. The summed E-state index contributed by atoms with van der Waals surface area (Å²) in [6.07, 6.45) is 0. The second-order valence-corrected chi connectivity index (χ2v) is 6.27. The highest BCUT2D eigenvalue weighted by atomic mass is 35.5. The van der Waals surface area contributed by atoms with E-state index in [9.17, 15) is 17.2 Å². The normalized spacial score (nSPS) is 21.5. The van der Waals surface area contributed by atoms with Crippen LogP contribution >= 0.6 is 11.6 Å². The molecule has 0 amide bonds. The zero-order chi connectivity index (χ0) is 14.0. The van der Waals surface area contributed by atoms with E-state index in [1.165, 1.54) is 0 Å². The van der Waals surface area contributed by atoms with Crippen molar-refractivity contribution in [1.29, 1.82) is 0 Å². The predicted octanol–water partition coefficient (Wildman–Crippen LogP) is 1.59. The summed E-state index contributed by atoms with van der Waals surface area (Å²) in [4.78, 5) is -0.289. The fraction of sp³-hybridized carbons (Fsp3) is 0.455. The third kappa shape index (κ3) is 2.89. The number of morpholine rings is 1. The van der Waals surface area contributed by atoms with Crippen molar-refractivity contribution < 1.29 is 21.9 Å². The smallest absolute Gasteiger partial charge is 0.243 e. The van der Waals surface area contributed by atoms with Gasteiger partial charge in [0.25, 0.3) is 0 Å². The summed E-state index contributed by atoms with van der Waals surface area (Å²) in [6.45, 7) is 0.571. The number of hydrogen-bond acceptors (Lipinski definition) is 3. The third-order valence-electron chi connectivity index (χ3n) is 2.85. The first-order chi connectivity index (χ1) is 8.96. The average molecular weight is 312 g/mol. The molecule has 1 aromatic rings. The van der Waals surface area contributed by atoms with Crippen LogP contribution in [0.1, 0.15) is 0 Å². The molecule has 0 N–H and O–H groups in total. The molecule has 0 aromatic heterocycles. The molecule has 1 saturated heterocycles. The van der Waals surface area contributed by atoms with Crippen molar-refractivity contribution in [2.45, 2.75) is 10.9 Å². The van der Waals surface area contributed by atoms with Gasteiger partial charge in [0.1, 0.15) is 0 Å². The van der Waals surface area contributed by atoms with Crippen molar-refractivity contribution in [3.05, 3.63) is 29.8 Å². The highest BCUT2D eigenvalue weighted by molar-refractivity contribution is 7.89. The van der Waals surface area contributed by atoms with Crippen LogP contribution in [0, 0.1) is 11.6 Å². The predicted molar refractivity (Wildman–Crippen MR) is 65.6 cm³/mol. The minimum atomic E-state index is -3.90. The van der Waals surface area contributed by atoms with Gasteiger partial charge in [0.15, 0.2) is 11.6 Å². The summed E-state index contributed by atoms with van der Waals surface area (Å²) in [5.74, 6) is -2.21. The topological polar surface area (TPSA) is 46.6 Å². The molecule has 4 nitrogen and oxygen atoms in total. The molecule has 1 aliphatic heterocycles. The van der Waals surface area contributed by atoms with Gasteiger partial charge in [-0.1, -0.05) is 0 Å². The van der Waals surface area contributed by atoms with Crippen molar-refractivity contribution in [3.8, 4) is 0 Å². The molecular formula is C11H12ClF2NO3S. The fourth-order valence-corrected chi connectivity index (χ4v) is 3.79. The van der Waals surface area contributed by atoms with Gasteiger partial charge < -0.3 is 4.74 Å². The summed E-state index contributed by atoms with van der Waals surface area (Å²) in [5, 5.41) is 0. The zero-order valence-electron chi connectivity index (χ0n) is 9.85. The monoisotopic (exact) mass is 311 g/mol. The van der Waals surface area contributed by atoms with Crippen LogP contribution in [0.25, 0.3) is 0 Å². The number of rotatable bonds is 3. The highest BCUT2D eigenvalue weighted by Gasteiger charge is 2.33. The van der Waals surface area contributed by atoms with E-state index < -0.39 is 27.7 Å². The average Bonchev–Trinajstić information content (AvgIpc) is 2.41. The Bertz CT molecular complexity index is 567. The zero-order valence-corrected chi connectivity index (χ0v) is 11.4. The molecule has 1 atom stereocenters. The molecule has 19 heavy (non-hydrogen) atoms. The standard InChI is InChI=1S/C11H12ClF2NO3S/c12-6-8-7-18-4-3-15(8)19(16,17)9-1-2-10(13)11(14)5-9/h1-2,5,8H,3-4,6-7H2. The van der Waals surface area contributed by atoms with Gasteiger partial charge in [-0.3, -0.25) is 0 Å². The molecule has 1 unspecified atom stereocenters. The summed E-state index contributed by atoms with van der Waals surface area (Å²) in [7, 11) is -3.90. The van der Waals surface area contributed by atoms with E-state index in [1.807, 2.05) is 0 Å². The van der Waals surface area contributed by atoms with E-state index in [0.29, 0.717) is 6.07 Å². The van der Waals surface area contributed by atoms with Gasteiger partial charge in [-0.25, -0.2) is 17.2 Å². The SMILES string of the molecule is O=S(=O)(c1ccc(F)c(F)c1)N1CCOCC1CCl. The van der Waals surface area contributed by atoms with E-state index >= 15 is 0 Å². The minimum Gasteiger partial charge on any atom is -0.378 e. The maximum absolute atomic E-state index is 13.1. The number of halogens is 3.